The van der Waals surface area contributed by atoms with Crippen molar-refractivity contribution in [1.82, 2.24) is 0 Å². The van der Waals surface area contributed by atoms with E-state index in [1.807, 2.05) is 0 Å². The minimum absolute atomic E-state index is 0.399. The van der Waals surface area contributed by atoms with E-state index in [2.05, 4.69) is 4.74 Å². The van der Waals surface area contributed by atoms with Crippen molar-refractivity contribution in [3.05, 3.63) is 48.1 Å². The second kappa shape index (κ2) is 7.51. The number of ether oxygens (including phenoxy) is 4. The topological polar surface area (TPSA) is 74.2 Å². The average Bonchev–Trinajstić information content (AvgIpc) is 2.56. The molecule has 0 amide bonds. The maximum absolute atomic E-state index is 11.0. The van der Waals surface area contributed by atoms with Gasteiger partial charge in [0.2, 0.25) is 6.29 Å². The van der Waals surface area contributed by atoms with Gasteiger partial charge in [-0.05, 0) is 30.3 Å². The lowest BCUT2D eigenvalue weighted by molar-refractivity contribution is 0.0159. The Balaban J connectivity index is 1.89. The largest absolute Gasteiger partial charge is 0.508 e. The van der Waals surface area contributed by atoms with Crippen LogP contribution in [0.25, 0.3) is 0 Å². The Kier molecular flexibility index (Phi) is 5.43. The summed E-state index contributed by atoms with van der Waals surface area (Å²) in [6.07, 6.45) is 3.30. The van der Waals surface area contributed by atoms with Crippen LogP contribution in [0.1, 0.15) is 6.42 Å². The van der Waals surface area contributed by atoms with Crippen LogP contribution >= 0.6 is 0 Å². The Labute approximate surface area is 128 Å². The monoisotopic (exact) mass is 306 g/mol. The maximum Gasteiger partial charge on any atom is 0.508 e. The smallest absolute Gasteiger partial charge is 0.497 e. The Bertz CT molecular complexity index is 561. The van der Waals surface area contributed by atoms with Gasteiger partial charge in [0.15, 0.2) is 0 Å². The molecule has 1 aromatic carbocycles. The fraction of sp³-hybridized carbons (Fsp3) is 0.312. The molecule has 6 heteroatoms. The van der Waals surface area contributed by atoms with Crippen LogP contribution < -0.4 is 9.47 Å². The summed E-state index contributed by atoms with van der Waals surface area (Å²) in [6, 6.07) is 6.90. The number of benzene rings is 1. The standard InChI is InChI=1S/C16H18O6/c1-19-12-7-9-13(10-8-12)21-15(17)11-3-5-14(6-4-11)22-16(18)20-2/h3-5,7-10,14-15,17H,6H2,1-2H3. The van der Waals surface area contributed by atoms with E-state index in [4.69, 9.17) is 14.2 Å². The first kappa shape index (κ1) is 15.9. The summed E-state index contributed by atoms with van der Waals surface area (Å²) in [4.78, 5) is 11.0. The van der Waals surface area contributed by atoms with Crippen molar-refractivity contribution in [1.29, 1.82) is 0 Å². The summed E-state index contributed by atoms with van der Waals surface area (Å²) in [5.41, 5.74) is 0.598. The zero-order chi connectivity index (χ0) is 15.9. The van der Waals surface area contributed by atoms with Gasteiger partial charge in [-0.25, -0.2) is 4.79 Å². The molecule has 22 heavy (non-hydrogen) atoms. The molecular weight excluding hydrogens is 288 g/mol. The lowest BCUT2D eigenvalue weighted by atomic mass is 10.0. The van der Waals surface area contributed by atoms with Crippen molar-refractivity contribution in [2.24, 2.45) is 0 Å². The molecule has 0 saturated heterocycles. The number of rotatable bonds is 5. The molecule has 1 aromatic rings. The van der Waals surface area contributed by atoms with Crippen molar-refractivity contribution >= 4 is 6.16 Å². The first-order chi connectivity index (χ1) is 10.6. The molecule has 0 saturated carbocycles. The third kappa shape index (κ3) is 4.26. The highest BCUT2D eigenvalue weighted by atomic mass is 16.7. The van der Waals surface area contributed by atoms with Crippen LogP contribution in [0.15, 0.2) is 48.1 Å². The van der Waals surface area contributed by atoms with E-state index in [1.165, 1.54) is 7.11 Å². The van der Waals surface area contributed by atoms with Gasteiger partial charge >= 0.3 is 6.16 Å². The van der Waals surface area contributed by atoms with Gasteiger partial charge in [0.1, 0.15) is 17.6 Å². The summed E-state index contributed by atoms with van der Waals surface area (Å²) < 4.78 is 19.9. The number of aliphatic hydroxyl groups excluding tert-OH is 1. The van der Waals surface area contributed by atoms with Crippen molar-refractivity contribution in [2.45, 2.75) is 18.8 Å². The molecule has 0 aromatic heterocycles. The fourth-order valence-electron chi connectivity index (χ4n) is 1.91. The molecule has 0 spiro atoms. The van der Waals surface area contributed by atoms with E-state index in [1.54, 1.807) is 49.6 Å². The molecule has 0 fully saturated rings. The Morgan fingerprint density at radius 1 is 1.23 bits per heavy atom. The molecule has 1 aliphatic carbocycles. The second-order valence-corrected chi connectivity index (χ2v) is 4.56. The zero-order valence-electron chi connectivity index (χ0n) is 12.4. The highest BCUT2D eigenvalue weighted by Crippen LogP contribution is 2.22. The van der Waals surface area contributed by atoms with Gasteiger partial charge in [-0.3, -0.25) is 0 Å². The van der Waals surface area contributed by atoms with Crippen LogP contribution in [0.4, 0.5) is 4.79 Å². The van der Waals surface area contributed by atoms with E-state index < -0.39 is 18.5 Å². The molecule has 118 valence electrons. The SMILES string of the molecule is COC(=O)OC1C=CC(C(O)Oc2ccc(OC)cc2)=CC1. The summed E-state index contributed by atoms with van der Waals surface area (Å²) in [5.74, 6) is 1.23. The van der Waals surface area contributed by atoms with Crippen molar-refractivity contribution in [3.63, 3.8) is 0 Å². The van der Waals surface area contributed by atoms with Crippen LogP contribution in [0, 0.1) is 0 Å². The Hall–Kier alpha value is -2.47. The van der Waals surface area contributed by atoms with Gasteiger partial charge in [0.25, 0.3) is 0 Å². The van der Waals surface area contributed by atoms with Gasteiger partial charge < -0.3 is 24.1 Å². The van der Waals surface area contributed by atoms with Gasteiger partial charge in [-0.15, -0.1) is 0 Å². The molecule has 1 aliphatic rings. The lowest BCUT2D eigenvalue weighted by Gasteiger charge is -2.20. The summed E-state index contributed by atoms with van der Waals surface area (Å²) in [5, 5.41) is 10.1. The second-order valence-electron chi connectivity index (χ2n) is 4.56. The molecule has 6 nitrogen and oxygen atoms in total. The minimum Gasteiger partial charge on any atom is -0.497 e. The van der Waals surface area contributed by atoms with Crippen LogP contribution in [0.3, 0.4) is 0 Å². The maximum atomic E-state index is 11.0. The molecule has 0 bridgehead atoms. The summed E-state index contributed by atoms with van der Waals surface area (Å²) in [6.45, 7) is 0. The molecule has 2 rings (SSSR count). The Morgan fingerprint density at radius 3 is 2.45 bits per heavy atom. The summed E-state index contributed by atoms with van der Waals surface area (Å²) >= 11 is 0. The van der Waals surface area contributed by atoms with Crippen LogP contribution in [-0.4, -0.2) is 37.9 Å². The molecule has 1 N–H and O–H groups in total. The molecule has 2 unspecified atom stereocenters. The van der Waals surface area contributed by atoms with E-state index in [-0.39, 0.29) is 0 Å². The van der Waals surface area contributed by atoms with Crippen molar-refractivity contribution < 1.29 is 28.8 Å². The average molecular weight is 306 g/mol. The van der Waals surface area contributed by atoms with Gasteiger partial charge in [0.05, 0.1) is 14.2 Å². The van der Waals surface area contributed by atoms with Gasteiger partial charge in [-0.1, -0.05) is 12.2 Å². The van der Waals surface area contributed by atoms with Crippen LogP contribution in [0.5, 0.6) is 11.5 Å². The van der Waals surface area contributed by atoms with Gasteiger partial charge in [-0.2, -0.15) is 0 Å². The third-order valence-corrected chi connectivity index (χ3v) is 3.10. The van der Waals surface area contributed by atoms with E-state index in [0.29, 0.717) is 23.5 Å². The van der Waals surface area contributed by atoms with E-state index in [9.17, 15) is 9.90 Å². The molecule has 0 heterocycles. The van der Waals surface area contributed by atoms with E-state index in [0.717, 1.165) is 0 Å². The molecule has 0 aliphatic heterocycles. The first-order valence-electron chi connectivity index (χ1n) is 6.74. The Morgan fingerprint density at radius 2 is 1.91 bits per heavy atom. The first-order valence-corrected chi connectivity index (χ1v) is 6.74. The van der Waals surface area contributed by atoms with Crippen molar-refractivity contribution in [3.8, 4) is 11.5 Å². The number of carbonyl (C=O) groups is 1. The fourth-order valence-corrected chi connectivity index (χ4v) is 1.91. The number of hydrogen-bond donors (Lipinski definition) is 1. The van der Waals surface area contributed by atoms with Crippen molar-refractivity contribution in [2.75, 3.05) is 14.2 Å². The highest BCUT2D eigenvalue weighted by molar-refractivity contribution is 5.60. The highest BCUT2D eigenvalue weighted by Gasteiger charge is 2.18. The number of hydrogen-bond acceptors (Lipinski definition) is 6. The predicted molar refractivity (Wildman–Crippen MR) is 78.7 cm³/mol. The van der Waals surface area contributed by atoms with Crippen LogP contribution in [0.2, 0.25) is 0 Å². The quantitative estimate of drug-likeness (QED) is 0.665. The molecule has 0 radical (unpaired) electrons. The van der Waals surface area contributed by atoms with Crippen LogP contribution in [-0.2, 0) is 9.47 Å². The normalized spacial score (nSPS) is 18.1. The number of aliphatic hydroxyl groups is 1. The lowest BCUT2D eigenvalue weighted by Crippen LogP contribution is -2.22. The predicted octanol–water partition coefficient (Wildman–Crippen LogP) is 2.43. The number of methoxy groups -OCH3 is 2. The third-order valence-electron chi connectivity index (χ3n) is 3.10. The molecular formula is C16H18O6. The zero-order valence-corrected chi connectivity index (χ0v) is 12.4. The van der Waals surface area contributed by atoms with E-state index >= 15 is 0 Å². The number of carbonyl (C=O) groups excluding carboxylic acids is 1. The minimum atomic E-state index is -1.09. The summed E-state index contributed by atoms with van der Waals surface area (Å²) in [7, 11) is 2.83. The molecule has 2 atom stereocenters. The van der Waals surface area contributed by atoms with Gasteiger partial charge in [0, 0.05) is 12.0 Å².